The predicted molar refractivity (Wildman–Crippen MR) is 192 cm³/mol. The first kappa shape index (κ1) is 39.6. The fourth-order valence-electron chi connectivity index (χ4n) is 6.37. The zero-order valence-electron chi connectivity index (χ0n) is 30.0. The van der Waals surface area contributed by atoms with Gasteiger partial charge < -0.3 is 56.0 Å². The summed E-state index contributed by atoms with van der Waals surface area (Å²) in [5.74, 6) is -3.30. The Balaban J connectivity index is 1.46. The van der Waals surface area contributed by atoms with Crippen LogP contribution in [0.4, 0.5) is 0 Å². The van der Waals surface area contributed by atoms with E-state index in [2.05, 4.69) is 9.97 Å². The van der Waals surface area contributed by atoms with E-state index in [0.717, 1.165) is 27.9 Å². The van der Waals surface area contributed by atoms with Crippen molar-refractivity contribution in [2.75, 3.05) is 7.11 Å². The number of benzene rings is 3. The average molecular weight is 746 g/mol. The van der Waals surface area contributed by atoms with Gasteiger partial charge in [0.05, 0.1) is 31.1 Å². The summed E-state index contributed by atoms with van der Waals surface area (Å²) in [5.41, 5.74) is 16.6. The van der Waals surface area contributed by atoms with E-state index in [-0.39, 0.29) is 24.3 Å². The molecule has 9 N–H and O–H groups in total. The molecular formula is C38H43N5O11. The fraction of sp³-hybridized carbons (Fsp3) is 0.342. The second kappa shape index (κ2) is 16.6. The Labute approximate surface area is 310 Å². The predicted octanol–water partition coefficient (Wildman–Crippen LogP) is 1.51. The molecule has 0 spiro atoms. The number of aliphatic hydroxyl groups excluding tert-OH is 3. The lowest BCUT2D eigenvalue weighted by atomic mass is 9.93. The quantitative estimate of drug-likeness (QED) is 0.0959. The van der Waals surface area contributed by atoms with Crippen molar-refractivity contribution in [3.63, 3.8) is 0 Å². The van der Waals surface area contributed by atoms with Crippen molar-refractivity contribution in [2.45, 2.75) is 76.5 Å². The Morgan fingerprint density at radius 3 is 2.26 bits per heavy atom. The molecule has 16 nitrogen and oxygen atoms in total. The van der Waals surface area contributed by atoms with Gasteiger partial charge in [0.25, 0.3) is 0 Å². The number of nitrogens with two attached hydrogens (primary N) is 2. The molecule has 1 aliphatic heterocycles. The van der Waals surface area contributed by atoms with Crippen LogP contribution in [-0.2, 0) is 32.0 Å². The summed E-state index contributed by atoms with van der Waals surface area (Å²) in [7, 11) is 1.30. The highest BCUT2D eigenvalue weighted by atomic mass is 16.7. The third-order valence-electron chi connectivity index (χ3n) is 9.42. The van der Waals surface area contributed by atoms with Crippen molar-refractivity contribution < 1.29 is 53.8 Å². The zero-order chi connectivity index (χ0) is 39.4. The molecule has 1 fully saturated rings. The number of primary amides is 1. The molecule has 286 valence electrons. The van der Waals surface area contributed by atoms with Gasteiger partial charge in [0.15, 0.2) is 6.10 Å². The molecule has 0 aliphatic carbocycles. The number of nitrogens with one attached hydrogen (secondary N) is 1. The molecule has 5 rings (SSSR count). The van der Waals surface area contributed by atoms with Crippen molar-refractivity contribution in [3.05, 3.63) is 106 Å². The van der Waals surface area contributed by atoms with Crippen molar-refractivity contribution in [1.82, 2.24) is 14.9 Å². The molecule has 1 aromatic heterocycles. The summed E-state index contributed by atoms with van der Waals surface area (Å²) >= 11 is 0. The molecule has 1 saturated heterocycles. The SMILES string of the molecule is COc1ccc(CN(C(=O)[C@@H](N)Cc2c(C)cc(C(N)=O)cc2C)[C@@H](C)c2ncc(-c3ccccc3)[nH]2)cc1C(=O)O[C@@H]1O[C@H](C(=O)O)[C@@H](O)C(O)[C@H]1O. The van der Waals surface area contributed by atoms with Gasteiger partial charge in [-0.25, -0.2) is 14.6 Å². The number of methoxy groups -OCH3 is 1. The van der Waals surface area contributed by atoms with E-state index in [4.69, 9.17) is 25.7 Å². The highest BCUT2D eigenvalue weighted by Crippen LogP contribution is 2.30. The highest BCUT2D eigenvalue weighted by Gasteiger charge is 2.48. The van der Waals surface area contributed by atoms with E-state index in [0.29, 0.717) is 17.0 Å². The maximum absolute atomic E-state index is 14.4. The number of ether oxygens (including phenoxy) is 3. The van der Waals surface area contributed by atoms with Gasteiger partial charge in [-0.1, -0.05) is 36.4 Å². The standard InChI is InChI=1S/C38H43N5O11/c1-18-12-23(33(40)47)13-19(2)24(18)15-26(39)35(48)43(20(3)34-41-16-27(42-34)22-8-6-5-7-9-22)17-21-10-11-28(52-4)25(14-21)37(51)54-38-31(46)29(44)30(45)32(53-38)36(49)50/h5-14,16,20,26,29-32,38,44-46H,15,17,39H2,1-4H3,(H2,40,47)(H,41,42)(H,49,50)/t20-,26-,29?,30-,31+,32-,38-/m0/s1. The fourth-order valence-corrected chi connectivity index (χ4v) is 6.37. The number of carbonyl (C=O) groups is 4. The molecule has 0 radical (unpaired) electrons. The molecular weight excluding hydrogens is 702 g/mol. The van der Waals surface area contributed by atoms with Crippen LogP contribution in [-0.4, -0.2) is 103 Å². The van der Waals surface area contributed by atoms with Crippen LogP contribution in [0.1, 0.15) is 61.8 Å². The number of rotatable bonds is 13. The Kier molecular flexibility index (Phi) is 12.1. The first-order valence-corrected chi connectivity index (χ1v) is 17.0. The van der Waals surface area contributed by atoms with E-state index < -0.39 is 66.5 Å². The number of hydrogen-bond donors (Lipinski definition) is 7. The highest BCUT2D eigenvalue weighted by molar-refractivity contribution is 5.94. The molecule has 16 heteroatoms. The number of aryl methyl sites for hydroxylation is 2. The zero-order valence-corrected chi connectivity index (χ0v) is 30.0. The third-order valence-corrected chi connectivity index (χ3v) is 9.42. The molecule has 2 heterocycles. The van der Waals surface area contributed by atoms with Gasteiger partial charge in [-0.15, -0.1) is 0 Å². The summed E-state index contributed by atoms with van der Waals surface area (Å²) in [6, 6.07) is 15.5. The second-order valence-electron chi connectivity index (χ2n) is 13.1. The van der Waals surface area contributed by atoms with E-state index in [1.807, 2.05) is 30.3 Å². The third kappa shape index (κ3) is 8.43. The number of aliphatic carboxylic acids is 1. The van der Waals surface area contributed by atoms with E-state index >= 15 is 0 Å². The molecule has 2 amide bonds. The average Bonchev–Trinajstić information content (AvgIpc) is 3.65. The summed E-state index contributed by atoms with van der Waals surface area (Å²) in [6.45, 7) is 5.29. The van der Waals surface area contributed by atoms with Crippen LogP contribution >= 0.6 is 0 Å². The number of nitrogens with zero attached hydrogens (tertiary/aromatic N) is 2. The largest absolute Gasteiger partial charge is 0.496 e. The monoisotopic (exact) mass is 745 g/mol. The minimum atomic E-state index is -1.99. The first-order valence-electron chi connectivity index (χ1n) is 17.0. The van der Waals surface area contributed by atoms with Crippen LogP contribution in [0.25, 0.3) is 11.3 Å². The second-order valence-corrected chi connectivity index (χ2v) is 13.1. The number of aromatic amines is 1. The number of carboxylic acid groups (broad SMARTS) is 1. The van der Waals surface area contributed by atoms with Crippen molar-refractivity contribution in [2.24, 2.45) is 11.5 Å². The van der Waals surface area contributed by atoms with Gasteiger partial charge in [0.2, 0.25) is 18.1 Å². The Bertz CT molecular complexity index is 2000. The molecule has 54 heavy (non-hydrogen) atoms. The minimum Gasteiger partial charge on any atom is -0.496 e. The van der Waals surface area contributed by atoms with Gasteiger partial charge in [0.1, 0.15) is 35.4 Å². The Morgan fingerprint density at radius 2 is 1.65 bits per heavy atom. The number of amides is 2. The van der Waals surface area contributed by atoms with Crippen LogP contribution in [0.3, 0.4) is 0 Å². The van der Waals surface area contributed by atoms with Crippen LogP contribution < -0.4 is 16.2 Å². The van der Waals surface area contributed by atoms with Crippen molar-refractivity contribution >= 4 is 23.8 Å². The van der Waals surface area contributed by atoms with Gasteiger partial charge in [-0.3, -0.25) is 9.59 Å². The number of hydrogen-bond acceptors (Lipinski definition) is 12. The van der Waals surface area contributed by atoms with Crippen LogP contribution in [0.5, 0.6) is 5.75 Å². The lowest BCUT2D eigenvalue weighted by molar-refractivity contribution is -0.278. The normalized spacial score (nSPS) is 20.8. The maximum Gasteiger partial charge on any atom is 0.344 e. The summed E-state index contributed by atoms with van der Waals surface area (Å²) in [5, 5.41) is 40.0. The lowest BCUT2D eigenvalue weighted by Crippen LogP contribution is -2.60. The Morgan fingerprint density at radius 1 is 0.981 bits per heavy atom. The van der Waals surface area contributed by atoms with Gasteiger partial charge >= 0.3 is 11.9 Å². The molecule has 4 aromatic rings. The van der Waals surface area contributed by atoms with Crippen LogP contribution in [0.2, 0.25) is 0 Å². The lowest BCUT2D eigenvalue weighted by Gasteiger charge is -2.38. The van der Waals surface area contributed by atoms with Gasteiger partial charge in [-0.05, 0) is 79.3 Å². The van der Waals surface area contributed by atoms with E-state index in [9.17, 15) is 39.6 Å². The molecule has 0 bridgehead atoms. The van der Waals surface area contributed by atoms with Crippen molar-refractivity contribution in [1.29, 1.82) is 0 Å². The van der Waals surface area contributed by atoms with Gasteiger partial charge in [-0.2, -0.15) is 0 Å². The van der Waals surface area contributed by atoms with E-state index in [1.54, 1.807) is 45.2 Å². The summed E-state index contributed by atoms with van der Waals surface area (Å²) < 4.78 is 15.8. The summed E-state index contributed by atoms with van der Waals surface area (Å²) in [6.07, 6.45) is -8.10. The summed E-state index contributed by atoms with van der Waals surface area (Å²) in [4.78, 5) is 60.6. The number of imidazole rings is 1. The minimum absolute atomic E-state index is 0.0379. The van der Waals surface area contributed by atoms with Gasteiger partial charge in [0, 0.05) is 12.1 Å². The number of carboxylic acids is 1. The van der Waals surface area contributed by atoms with E-state index in [1.165, 1.54) is 24.1 Å². The number of esters is 1. The smallest absolute Gasteiger partial charge is 0.344 e. The number of carbonyl (C=O) groups excluding carboxylic acids is 3. The topological polar surface area (TPSA) is 261 Å². The molecule has 3 aromatic carbocycles. The van der Waals surface area contributed by atoms with Crippen molar-refractivity contribution in [3.8, 4) is 17.0 Å². The van der Waals surface area contributed by atoms with Crippen LogP contribution in [0, 0.1) is 13.8 Å². The molecule has 0 saturated carbocycles. The molecule has 7 atom stereocenters. The Hall–Kier alpha value is -5.65. The number of H-pyrrole nitrogens is 1. The maximum atomic E-state index is 14.4. The number of aromatic nitrogens is 2. The molecule has 1 aliphatic rings. The van der Waals surface area contributed by atoms with Crippen LogP contribution in [0.15, 0.2) is 66.9 Å². The molecule has 1 unspecified atom stereocenters. The first-order chi connectivity index (χ1) is 25.6. The number of aliphatic hydroxyl groups is 3.